The molecular weight excluding hydrogens is 521 g/mol. The van der Waals surface area contributed by atoms with E-state index in [4.69, 9.17) is 4.74 Å². The number of carbonyl (C=O) groups excluding carboxylic acids is 1. The van der Waals surface area contributed by atoms with Gasteiger partial charge >= 0.3 is 12.1 Å². The summed E-state index contributed by atoms with van der Waals surface area (Å²) in [6.07, 6.45) is -2.88. The van der Waals surface area contributed by atoms with Gasteiger partial charge in [0.2, 0.25) is 0 Å². The largest absolute Gasteiger partial charge is 0.469 e. The van der Waals surface area contributed by atoms with Crippen molar-refractivity contribution in [2.75, 3.05) is 32.6 Å². The van der Waals surface area contributed by atoms with Crippen LogP contribution in [0.15, 0.2) is 24.3 Å². The van der Waals surface area contributed by atoms with Gasteiger partial charge in [-0.15, -0.1) is 10.2 Å². The van der Waals surface area contributed by atoms with Crippen molar-refractivity contribution in [3.05, 3.63) is 29.3 Å². The van der Waals surface area contributed by atoms with Gasteiger partial charge in [-0.1, -0.05) is 17.4 Å². The van der Waals surface area contributed by atoms with Crippen LogP contribution in [0.25, 0.3) is 21.6 Å². The fourth-order valence-corrected chi connectivity index (χ4v) is 5.88. The minimum absolute atomic E-state index is 0.172. The predicted molar refractivity (Wildman–Crippen MR) is 137 cm³/mol. The number of aliphatic hydroxyl groups excluding tert-OH is 1. The van der Waals surface area contributed by atoms with Crippen molar-refractivity contribution in [3.63, 3.8) is 0 Å². The van der Waals surface area contributed by atoms with Gasteiger partial charge in [0.05, 0.1) is 30.8 Å². The van der Waals surface area contributed by atoms with Crippen molar-refractivity contribution < 1.29 is 27.8 Å². The molecule has 2 aromatic heterocycles. The highest BCUT2D eigenvalue weighted by molar-refractivity contribution is 7.14. The van der Waals surface area contributed by atoms with E-state index in [9.17, 15) is 23.1 Å². The first-order valence-electron chi connectivity index (χ1n) is 12.6. The number of carbonyl (C=O) groups is 1. The number of aromatic nitrogens is 3. The second kappa shape index (κ2) is 10.8. The van der Waals surface area contributed by atoms with E-state index in [1.54, 1.807) is 18.2 Å². The molecule has 2 aliphatic rings. The normalized spacial score (nSPS) is 21.5. The molecule has 5 rings (SSSR count). The summed E-state index contributed by atoms with van der Waals surface area (Å²) in [6, 6.07) is 7.36. The number of anilines is 1. The lowest BCUT2D eigenvalue weighted by Gasteiger charge is -2.30. The molecule has 3 atom stereocenters. The zero-order valence-electron chi connectivity index (χ0n) is 21.2. The summed E-state index contributed by atoms with van der Waals surface area (Å²) in [5, 5.41) is 26.7. The number of rotatable bonds is 9. The van der Waals surface area contributed by atoms with Gasteiger partial charge in [-0.05, 0) is 57.6 Å². The first-order valence-corrected chi connectivity index (χ1v) is 13.4. The van der Waals surface area contributed by atoms with Crippen molar-refractivity contribution in [1.82, 2.24) is 25.0 Å². The van der Waals surface area contributed by atoms with Crippen LogP contribution in [-0.4, -0.2) is 76.4 Å². The quantitative estimate of drug-likeness (QED) is 0.274. The average Bonchev–Trinajstić information content (AvgIpc) is 3.41. The molecule has 38 heavy (non-hydrogen) atoms. The highest BCUT2D eigenvalue weighted by Crippen LogP contribution is 2.41. The van der Waals surface area contributed by atoms with Gasteiger partial charge in [0.1, 0.15) is 17.8 Å². The molecule has 3 N–H and O–H groups in total. The Morgan fingerprint density at radius 2 is 2.05 bits per heavy atom. The predicted octanol–water partition coefficient (Wildman–Crippen LogP) is 3.45. The molecule has 206 valence electrons. The summed E-state index contributed by atoms with van der Waals surface area (Å²) in [4.78, 5) is 13.9. The molecule has 1 saturated heterocycles. The standard InChI is InChI=1S/C25H31F3N6O3S/c1-33-8-6-14(7-9-33)30-18-4-3-5-19-17(18)11-20(34(19)13-25(26,27)28)23-32-31-21(38-23)12-29-22(35)15-10-16(15)24(36)37-2/h3-5,11,14-16,22,29-30,35H,6-10,12-13H2,1-2H3/t15-,16-,22?/m1/s1. The van der Waals surface area contributed by atoms with Crippen molar-refractivity contribution in [2.24, 2.45) is 11.8 Å². The highest BCUT2D eigenvalue weighted by Gasteiger charge is 2.48. The number of nitrogens with zero attached hydrogens (tertiary/aromatic N) is 4. The molecule has 1 aliphatic heterocycles. The lowest BCUT2D eigenvalue weighted by molar-refractivity contribution is -0.143. The van der Waals surface area contributed by atoms with Crippen molar-refractivity contribution >= 4 is 33.9 Å². The molecule has 1 aliphatic carbocycles. The van der Waals surface area contributed by atoms with Gasteiger partial charge < -0.3 is 24.6 Å². The lowest BCUT2D eigenvalue weighted by atomic mass is 10.0. The van der Waals surface area contributed by atoms with Crippen molar-refractivity contribution in [3.8, 4) is 10.7 Å². The Balaban J connectivity index is 1.37. The summed E-state index contributed by atoms with van der Waals surface area (Å²) in [5.74, 6) is -0.918. The maximum absolute atomic E-state index is 13.6. The maximum Gasteiger partial charge on any atom is 0.406 e. The second-order valence-electron chi connectivity index (χ2n) is 10.0. The number of ether oxygens (including phenoxy) is 1. The van der Waals surface area contributed by atoms with E-state index in [-0.39, 0.29) is 30.4 Å². The number of fused-ring (bicyclic) bond motifs is 1. The summed E-state index contributed by atoms with van der Waals surface area (Å²) in [5.41, 5.74) is 1.62. The summed E-state index contributed by atoms with van der Waals surface area (Å²) in [7, 11) is 3.39. The number of benzene rings is 1. The topological polar surface area (TPSA) is 105 Å². The third-order valence-corrected chi connectivity index (χ3v) is 8.20. The number of esters is 1. The minimum atomic E-state index is -4.42. The van der Waals surface area contributed by atoms with E-state index in [0.717, 1.165) is 31.6 Å². The number of methoxy groups -OCH3 is 1. The van der Waals surface area contributed by atoms with Gasteiger partial charge in [0, 0.05) is 23.0 Å². The van der Waals surface area contributed by atoms with Gasteiger partial charge in [0.15, 0.2) is 5.01 Å². The Morgan fingerprint density at radius 1 is 1.29 bits per heavy atom. The fourth-order valence-electron chi connectivity index (χ4n) is 5.07. The van der Waals surface area contributed by atoms with Crippen LogP contribution < -0.4 is 10.6 Å². The van der Waals surface area contributed by atoms with Crippen LogP contribution in [0.5, 0.6) is 0 Å². The number of alkyl halides is 3. The fraction of sp³-hybridized carbons (Fsp3) is 0.560. The van der Waals surface area contributed by atoms with Crippen molar-refractivity contribution in [1.29, 1.82) is 0 Å². The molecule has 1 saturated carbocycles. The van der Waals surface area contributed by atoms with Crippen LogP contribution in [0.4, 0.5) is 18.9 Å². The summed E-state index contributed by atoms with van der Waals surface area (Å²) >= 11 is 1.17. The lowest BCUT2D eigenvalue weighted by Crippen LogP contribution is -2.36. The molecule has 3 aromatic rings. The molecule has 0 spiro atoms. The van der Waals surface area contributed by atoms with Gasteiger partial charge in [0.25, 0.3) is 0 Å². The smallest absolute Gasteiger partial charge is 0.406 e. The van der Waals surface area contributed by atoms with E-state index in [1.165, 1.54) is 23.0 Å². The third kappa shape index (κ3) is 5.95. The molecule has 0 amide bonds. The van der Waals surface area contributed by atoms with Gasteiger partial charge in [-0.3, -0.25) is 10.1 Å². The zero-order valence-corrected chi connectivity index (χ0v) is 22.0. The second-order valence-corrected chi connectivity index (χ2v) is 11.1. The highest BCUT2D eigenvalue weighted by atomic mass is 32.1. The first kappa shape index (κ1) is 26.9. The molecule has 1 unspecified atom stereocenters. The third-order valence-electron chi connectivity index (χ3n) is 7.26. The van der Waals surface area contributed by atoms with E-state index >= 15 is 0 Å². The Morgan fingerprint density at radius 3 is 2.76 bits per heavy atom. The van der Waals surface area contributed by atoms with Gasteiger partial charge in [-0.2, -0.15) is 13.2 Å². The number of halogens is 3. The molecule has 0 bridgehead atoms. The van der Waals surface area contributed by atoms with Crippen LogP contribution in [0, 0.1) is 11.8 Å². The van der Waals surface area contributed by atoms with Crippen LogP contribution >= 0.6 is 11.3 Å². The number of piperidine rings is 1. The van der Waals surface area contributed by atoms with E-state index < -0.39 is 18.9 Å². The average molecular weight is 553 g/mol. The van der Waals surface area contributed by atoms with E-state index in [1.807, 2.05) is 6.07 Å². The number of nitrogens with one attached hydrogen (secondary N) is 2. The minimum Gasteiger partial charge on any atom is -0.469 e. The molecule has 9 nitrogen and oxygen atoms in total. The van der Waals surface area contributed by atoms with Crippen LogP contribution in [0.2, 0.25) is 0 Å². The van der Waals surface area contributed by atoms with Gasteiger partial charge in [-0.25, -0.2) is 0 Å². The number of hydrogen-bond donors (Lipinski definition) is 3. The summed E-state index contributed by atoms with van der Waals surface area (Å²) < 4.78 is 46.8. The SMILES string of the molecule is COC(=O)[C@@H]1C[C@H]1C(O)NCc1nnc(-c2cc3c(NC4CCN(C)CC4)cccc3n2CC(F)(F)F)s1. The van der Waals surface area contributed by atoms with E-state index in [2.05, 4.69) is 32.8 Å². The number of likely N-dealkylation sites (tertiary alicyclic amines) is 1. The molecule has 13 heteroatoms. The Bertz CT molecular complexity index is 1290. The Hall–Kier alpha value is -2.74. The monoisotopic (exact) mass is 552 g/mol. The maximum atomic E-state index is 13.6. The summed E-state index contributed by atoms with van der Waals surface area (Å²) in [6.45, 7) is 0.959. The molecule has 2 fully saturated rings. The van der Waals surface area contributed by atoms with Crippen LogP contribution in [-0.2, 0) is 22.6 Å². The van der Waals surface area contributed by atoms with Crippen molar-refractivity contribution in [2.45, 2.75) is 50.8 Å². The molecular formula is C25H31F3N6O3S. The molecule has 3 heterocycles. The first-order chi connectivity index (χ1) is 18.1. The zero-order chi connectivity index (χ0) is 27.0. The Kier molecular flexibility index (Phi) is 7.63. The van der Waals surface area contributed by atoms with Crippen LogP contribution in [0.3, 0.4) is 0 Å². The number of aliphatic hydroxyl groups is 1. The number of hydrogen-bond acceptors (Lipinski definition) is 9. The van der Waals surface area contributed by atoms with E-state index in [0.29, 0.717) is 33.0 Å². The molecule has 0 radical (unpaired) electrons. The molecule has 1 aromatic carbocycles. The Labute approximate surface area is 222 Å². The van der Waals surface area contributed by atoms with Crippen LogP contribution in [0.1, 0.15) is 24.3 Å².